The van der Waals surface area contributed by atoms with Crippen molar-refractivity contribution in [1.82, 2.24) is 9.99 Å². The van der Waals surface area contributed by atoms with Crippen LogP contribution in [0.25, 0.3) is 0 Å². The molecule has 1 saturated carbocycles. The number of nitrogens with one attached hydrogen (secondary N) is 2. The zero-order chi connectivity index (χ0) is 22.0. The van der Waals surface area contributed by atoms with E-state index in [-0.39, 0.29) is 17.9 Å². The van der Waals surface area contributed by atoms with E-state index in [0.717, 1.165) is 28.8 Å². The molecule has 1 amide bonds. The number of allylic oxidation sites excluding steroid dienone is 2. The van der Waals surface area contributed by atoms with Crippen LogP contribution < -0.4 is 22.0 Å². The summed E-state index contributed by atoms with van der Waals surface area (Å²) in [6, 6.07) is 7.94. The molecule has 0 aliphatic heterocycles. The molecule has 0 saturated heterocycles. The first-order valence-electron chi connectivity index (χ1n) is 11.1. The monoisotopic (exact) mass is 420 g/mol. The Morgan fingerprint density at radius 2 is 2.00 bits per heavy atom. The standard InChI is InChI=1S/C25H32N4O2/c1-16-3-5-20(13-26)21(9-16)14-27-24(30)12-23-17(2)7-8-29(25(23)31)28-15-22-11-18-4-6-19(22)10-18/h3-9,18-19,22,28H,10-15,26H2,1-2H3,(H,27,30). The van der Waals surface area contributed by atoms with Gasteiger partial charge in [-0.1, -0.05) is 35.9 Å². The molecule has 2 aliphatic rings. The summed E-state index contributed by atoms with van der Waals surface area (Å²) in [5.41, 5.74) is 13.5. The Morgan fingerprint density at radius 1 is 1.16 bits per heavy atom. The molecule has 164 valence electrons. The first kappa shape index (κ1) is 21.4. The van der Waals surface area contributed by atoms with E-state index in [4.69, 9.17) is 5.73 Å². The van der Waals surface area contributed by atoms with Crippen molar-refractivity contribution in [2.75, 3.05) is 12.0 Å². The molecule has 1 fully saturated rings. The maximum absolute atomic E-state index is 13.0. The van der Waals surface area contributed by atoms with E-state index < -0.39 is 0 Å². The van der Waals surface area contributed by atoms with Gasteiger partial charge in [0.15, 0.2) is 0 Å². The molecule has 2 aromatic rings. The number of carbonyl (C=O) groups excluding carboxylic acids is 1. The van der Waals surface area contributed by atoms with E-state index in [9.17, 15) is 9.59 Å². The maximum Gasteiger partial charge on any atom is 0.272 e. The van der Waals surface area contributed by atoms with Crippen molar-refractivity contribution < 1.29 is 4.79 Å². The Morgan fingerprint density at radius 3 is 2.71 bits per heavy atom. The summed E-state index contributed by atoms with van der Waals surface area (Å²) in [7, 11) is 0. The number of fused-ring (bicyclic) bond motifs is 2. The summed E-state index contributed by atoms with van der Waals surface area (Å²) < 4.78 is 1.54. The van der Waals surface area contributed by atoms with Crippen LogP contribution in [0.15, 0.2) is 47.4 Å². The van der Waals surface area contributed by atoms with E-state index in [1.807, 2.05) is 38.1 Å². The second-order valence-corrected chi connectivity index (χ2v) is 8.98. The van der Waals surface area contributed by atoms with E-state index >= 15 is 0 Å². The van der Waals surface area contributed by atoms with E-state index in [0.29, 0.717) is 36.4 Å². The number of hydrogen-bond donors (Lipinski definition) is 3. The third-order valence-corrected chi connectivity index (χ3v) is 6.76. The van der Waals surface area contributed by atoms with Crippen LogP contribution in [0.5, 0.6) is 0 Å². The molecule has 1 heterocycles. The molecule has 4 N–H and O–H groups in total. The van der Waals surface area contributed by atoms with Crippen LogP contribution in [0.3, 0.4) is 0 Å². The second kappa shape index (κ2) is 9.10. The largest absolute Gasteiger partial charge is 0.352 e. The van der Waals surface area contributed by atoms with Crippen LogP contribution in [0.2, 0.25) is 0 Å². The second-order valence-electron chi connectivity index (χ2n) is 8.98. The van der Waals surface area contributed by atoms with Crippen molar-refractivity contribution in [1.29, 1.82) is 0 Å². The molecular weight excluding hydrogens is 388 g/mol. The van der Waals surface area contributed by atoms with Crippen LogP contribution in [-0.4, -0.2) is 17.1 Å². The first-order valence-corrected chi connectivity index (χ1v) is 11.1. The highest BCUT2D eigenvalue weighted by molar-refractivity contribution is 5.78. The van der Waals surface area contributed by atoms with E-state index in [1.165, 1.54) is 12.8 Å². The van der Waals surface area contributed by atoms with Gasteiger partial charge in [0, 0.05) is 31.4 Å². The van der Waals surface area contributed by atoms with Crippen LogP contribution in [0.4, 0.5) is 0 Å². The predicted octanol–water partition coefficient (Wildman–Crippen LogP) is 2.54. The summed E-state index contributed by atoms with van der Waals surface area (Å²) in [6.07, 6.45) is 8.90. The quantitative estimate of drug-likeness (QED) is 0.573. The smallest absolute Gasteiger partial charge is 0.272 e. The molecular formula is C25H32N4O2. The molecule has 4 rings (SSSR count). The molecule has 0 spiro atoms. The van der Waals surface area contributed by atoms with Crippen molar-refractivity contribution in [3.63, 3.8) is 0 Å². The van der Waals surface area contributed by atoms with Gasteiger partial charge in [-0.25, -0.2) is 4.68 Å². The van der Waals surface area contributed by atoms with Crippen molar-refractivity contribution >= 4 is 5.91 Å². The fraction of sp³-hybridized carbons (Fsp3) is 0.440. The van der Waals surface area contributed by atoms with Gasteiger partial charge in [0.05, 0.1) is 6.42 Å². The van der Waals surface area contributed by atoms with Crippen LogP contribution in [-0.2, 0) is 24.3 Å². The Kier molecular flexibility index (Phi) is 6.28. The summed E-state index contributed by atoms with van der Waals surface area (Å²) >= 11 is 0. The minimum absolute atomic E-state index is 0.0633. The number of nitrogens with two attached hydrogens (primary N) is 1. The van der Waals surface area contributed by atoms with Crippen LogP contribution >= 0.6 is 0 Å². The molecule has 3 unspecified atom stereocenters. The molecule has 31 heavy (non-hydrogen) atoms. The van der Waals surface area contributed by atoms with Gasteiger partial charge in [-0.2, -0.15) is 0 Å². The average Bonchev–Trinajstić information content (AvgIpc) is 3.38. The average molecular weight is 421 g/mol. The molecule has 0 radical (unpaired) electrons. The molecule has 2 aliphatic carbocycles. The van der Waals surface area contributed by atoms with Crippen LogP contribution in [0.1, 0.15) is 40.7 Å². The molecule has 1 aromatic heterocycles. The number of hydrogen-bond acceptors (Lipinski definition) is 4. The molecule has 2 bridgehead atoms. The molecule has 1 aromatic carbocycles. The number of carbonyl (C=O) groups is 1. The molecule has 6 nitrogen and oxygen atoms in total. The SMILES string of the molecule is Cc1ccc(CN)c(CNC(=O)Cc2c(C)ccn(NCC3CC4C=CC3C4)c2=O)c1. The Labute approximate surface area is 183 Å². The molecule has 6 heteroatoms. The summed E-state index contributed by atoms with van der Waals surface area (Å²) in [5, 5.41) is 2.95. The normalized spacial score (nSPS) is 21.5. The first-order chi connectivity index (χ1) is 14.9. The Bertz CT molecular complexity index is 1060. The number of amides is 1. The van der Waals surface area contributed by atoms with Gasteiger partial charge in [0.2, 0.25) is 5.91 Å². The fourth-order valence-electron chi connectivity index (χ4n) is 4.89. The van der Waals surface area contributed by atoms with Gasteiger partial charge >= 0.3 is 0 Å². The topological polar surface area (TPSA) is 89.2 Å². The maximum atomic E-state index is 13.0. The number of aromatic nitrogens is 1. The van der Waals surface area contributed by atoms with E-state index in [1.54, 1.807) is 10.9 Å². The summed E-state index contributed by atoms with van der Waals surface area (Å²) in [6.45, 7) is 5.50. The van der Waals surface area contributed by atoms with Gasteiger partial charge in [-0.15, -0.1) is 0 Å². The lowest BCUT2D eigenvalue weighted by molar-refractivity contribution is -0.120. The van der Waals surface area contributed by atoms with Gasteiger partial charge in [-0.3, -0.25) is 9.59 Å². The van der Waals surface area contributed by atoms with Crippen LogP contribution in [0, 0.1) is 31.6 Å². The number of aryl methyl sites for hydroxylation is 2. The van der Waals surface area contributed by atoms with Gasteiger partial charge < -0.3 is 16.5 Å². The lowest BCUT2D eigenvalue weighted by Crippen LogP contribution is -2.36. The number of nitrogens with zero attached hydrogens (tertiary/aromatic N) is 1. The lowest BCUT2D eigenvalue weighted by atomic mass is 9.94. The summed E-state index contributed by atoms with van der Waals surface area (Å²) in [4.78, 5) is 25.6. The lowest BCUT2D eigenvalue weighted by Gasteiger charge is -2.20. The highest BCUT2D eigenvalue weighted by Crippen LogP contribution is 2.43. The zero-order valence-corrected chi connectivity index (χ0v) is 18.4. The highest BCUT2D eigenvalue weighted by atomic mass is 16.2. The third-order valence-electron chi connectivity index (χ3n) is 6.76. The fourth-order valence-corrected chi connectivity index (χ4v) is 4.89. The predicted molar refractivity (Wildman–Crippen MR) is 123 cm³/mol. The minimum Gasteiger partial charge on any atom is -0.352 e. The molecule has 3 atom stereocenters. The highest BCUT2D eigenvalue weighted by Gasteiger charge is 2.35. The number of pyridine rings is 1. The van der Waals surface area contributed by atoms with Gasteiger partial charge in [0.25, 0.3) is 5.56 Å². The summed E-state index contributed by atoms with van der Waals surface area (Å²) in [5.74, 6) is 1.74. The minimum atomic E-state index is -0.166. The van der Waals surface area contributed by atoms with Crippen molar-refractivity contribution in [3.8, 4) is 0 Å². The van der Waals surface area contributed by atoms with Crippen molar-refractivity contribution in [3.05, 3.63) is 80.8 Å². The zero-order valence-electron chi connectivity index (χ0n) is 18.4. The van der Waals surface area contributed by atoms with Crippen molar-refractivity contribution in [2.45, 2.75) is 46.2 Å². The number of benzene rings is 1. The third kappa shape index (κ3) is 4.74. The Balaban J connectivity index is 1.39. The van der Waals surface area contributed by atoms with E-state index in [2.05, 4.69) is 22.9 Å². The van der Waals surface area contributed by atoms with Crippen molar-refractivity contribution in [2.24, 2.45) is 23.5 Å². The number of rotatable bonds is 8. The van der Waals surface area contributed by atoms with Gasteiger partial charge in [-0.05, 0) is 67.2 Å². The Hall–Kier alpha value is -2.86. The van der Waals surface area contributed by atoms with Gasteiger partial charge in [0.1, 0.15) is 0 Å².